The van der Waals surface area contributed by atoms with E-state index in [0.29, 0.717) is 23.8 Å². The first-order chi connectivity index (χ1) is 15.1. The number of benzene rings is 2. The summed E-state index contributed by atoms with van der Waals surface area (Å²) in [5, 5.41) is 0. The molecule has 0 spiro atoms. The maximum Gasteiger partial charge on any atom is 0.331 e. The molecule has 0 saturated carbocycles. The van der Waals surface area contributed by atoms with Gasteiger partial charge in [0.05, 0.1) is 27.4 Å². The number of ether oxygens (including phenoxy) is 4. The molecule has 1 fully saturated rings. The Morgan fingerprint density at radius 2 is 1.81 bits per heavy atom. The molecule has 1 saturated heterocycles. The molecule has 1 amide bonds. The fourth-order valence-corrected chi connectivity index (χ4v) is 3.71. The minimum absolute atomic E-state index is 0.152. The Balaban J connectivity index is 1.64. The Hall–Kier alpha value is -3.48. The molecule has 0 unspecified atom stereocenters. The summed E-state index contributed by atoms with van der Waals surface area (Å²) >= 11 is 0. The number of likely N-dealkylation sites (tertiary alicyclic amines) is 1. The lowest BCUT2D eigenvalue weighted by molar-refractivity contribution is -0.148. The molecule has 3 rings (SSSR count). The van der Waals surface area contributed by atoms with E-state index in [0.717, 1.165) is 24.0 Å². The van der Waals surface area contributed by atoms with Gasteiger partial charge < -0.3 is 23.8 Å². The Labute approximate surface area is 182 Å². The second kappa shape index (κ2) is 10.5. The normalized spacial score (nSPS) is 15.7. The highest BCUT2D eigenvalue weighted by Gasteiger charge is 2.32. The molecule has 7 nitrogen and oxygen atoms in total. The summed E-state index contributed by atoms with van der Waals surface area (Å²) in [6.07, 6.45) is 4.55. The molecular formula is C24H27NO6. The van der Waals surface area contributed by atoms with Gasteiger partial charge in [-0.2, -0.15) is 0 Å². The van der Waals surface area contributed by atoms with Crippen LogP contribution in [0.2, 0.25) is 0 Å². The van der Waals surface area contributed by atoms with Gasteiger partial charge >= 0.3 is 5.97 Å². The second-order valence-corrected chi connectivity index (χ2v) is 7.04. The van der Waals surface area contributed by atoms with E-state index in [1.54, 1.807) is 38.4 Å². The predicted molar refractivity (Wildman–Crippen MR) is 116 cm³/mol. The quantitative estimate of drug-likeness (QED) is 0.475. The first-order valence-electron chi connectivity index (χ1n) is 10.1. The zero-order valence-electron chi connectivity index (χ0n) is 18.0. The number of rotatable bonds is 8. The van der Waals surface area contributed by atoms with Gasteiger partial charge in [0.15, 0.2) is 6.61 Å². The number of carbonyl (C=O) groups excluding carboxylic acids is 2. The highest BCUT2D eigenvalue weighted by atomic mass is 16.5. The monoisotopic (exact) mass is 425 g/mol. The van der Waals surface area contributed by atoms with Crippen LogP contribution in [0.3, 0.4) is 0 Å². The van der Waals surface area contributed by atoms with Gasteiger partial charge in [-0.05, 0) is 43.2 Å². The summed E-state index contributed by atoms with van der Waals surface area (Å²) < 4.78 is 21.2. The maximum absolute atomic E-state index is 12.8. The number of para-hydroxylation sites is 1. The molecule has 0 aliphatic carbocycles. The molecule has 0 bridgehead atoms. The maximum atomic E-state index is 12.8. The Morgan fingerprint density at radius 1 is 1.03 bits per heavy atom. The van der Waals surface area contributed by atoms with Crippen molar-refractivity contribution in [2.75, 3.05) is 34.5 Å². The van der Waals surface area contributed by atoms with Gasteiger partial charge in [-0.1, -0.05) is 18.2 Å². The predicted octanol–water partition coefficient (Wildman–Crippen LogP) is 3.63. The SMILES string of the molecule is COc1ccc(OC)c([C@H]2CCCN2C(=O)COC(=O)/C=C/c2ccccc2OC)c1. The zero-order chi connectivity index (χ0) is 22.2. The van der Waals surface area contributed by atoms with Gasteiger partial charge in [-0.15, -0.1) is 0 Å². The van der Waals surface area contributed by atoms with E-state index in [4.69, 9.17) is 18.9 Å². The lowest BCUT2D eigenvalue weighted by Gasteiger charge is -2.26. The van der Waals surface area contributed by atoms with E-state index in [1.807, 2.05) is 36.4 Å². The standard InChI is InChI=1S/C24H27NO6/c1-28-18-11-12-22(30-3)19(15-18)20-8-6-14-25(20)23(26)16-31-24(27)13-10-17-7-4-5-9-21(17)29-2/h4-5,7,9-13,15,20H,6,8,14,16H2,1-3H3/b13-10+/t20-/m1/s1. The van der Waals surface area contributed by atoms with Crippen molar-refractivity contribution in [2.45, 2.75) is 18.9 Å². The topological polar surface area (TPSA) is 74.3 Å². The van der Waals surface area contributed by atoms with Crippen molar-refractivity contribution in [2.24, 2.45) is 0 Å². The number of carbonyl (C=O) groups is 2. The summed E-state index contributed by atoms with van der Waals surface area (Å²) in [6.45, 7) is 0.274. The van der Waals surface area contributed by atoms with Crippen LogP contribution in [0.25, 0.3) is 6.08 Å². The molecule has 0 aromatic heterocycles. The minimum Gasteiger partial charge on any atom is -0.497 e. The molecule has 1 heterocycles. The molecule has 1 atom stereocenters. The minimum atomic E-state index is -0.589. The van der Waals surface area contributed by atoms with E-state index in [-0.39, 0.29) is 18.6 Å². The van der Waals surface area contributed by atoms with Crippen LogP contribution in [0.5, 0.6) is 17.2 Å². The van der Waals surface area contributed by atoms with Gasteiger partial charge in [0.2, 0.25) is 0 Å². The van der Waals surface area contributed by atoms with Gasteiger partial charge in [-0.3, -0.25) is 4.79 Å². The fraction of sp³-hybridized carbons (Fsp3) is 0.333. The third-order valence-corrected chi connectivity index (χ3v) is 5.24. The third-order valence-electron chi connectivity index (χ3n) is 5.24. The molecule has 1 aliphatic heterocycles. The van der Waals surface area contributed by atoms with E-state index >= 15 is 0 Å². The van der Waals surface area contributed by atoms with Crippen molar-refractivity contribution in [3.05, 3.63) is 59.7 Å². The van der Waals surface area contributed by atoms with Crippen LogP contribution in [0.15, 0.2) is 48.5 Å². The van der Waals surface area contributed by atoms with E-state index in [1.165, 1.54) is 6.08 Å². The van der Waals surface area contributed by atoms with E-state index < -0.39 is 5.97 Å². The van der Waals surface area contributed by atoms with Crippen LogP contribution in [-0.2, 0) is 14.3 Å². The van der Waals surface area contributed by atoms with Gasteiger partial charge in [-0.25, -0.2) is 4.79 Å². The molecule has 31 heavy (non-hydrogen) atoms. The third kappa shape index (κ3) is 5.36. The molecule has 1 aliphatic rings. The lowest BCUT2D eigenvalue weighted by atomic mass is 10.0. The van der Waals surface area contributed by atoms with Crippen LogP contribution in [0.1, 0.15) is 30.0 Å². The molecule has 2 aromatic rings. The molecule has 0 N–H and O–H groups in total. The number of amides is 1. The fourth-order valence-electron chi connectivity index (χ4n) is 3.71. The molecular weight excluding hydrogens is 398 g/mol. The summed E-state index contributed by atoms with van der Waals surface area (Å²) in [4.78, 5) is 26.6. The largest absolute Gasteiger partial charge is 0.497 e. The van der Waals surface area contributed by atoms with Gasteiger partial charge in [0.25, 0.3) is 5.91 Å². The first-order valence-corrected chi connectivity index (χ1v) is 10.1. The van der Waals surface area contributed by atoms with Crippen molar-refractivity contribution < 1.29 is 28.5 Å². The van der Waals surface area contributed by atoms with Crippen molar-refractivity contribution in [1.29, 1.82) is 0 Å². The molecule has 2 aromatic carbocycles. The van der Waals surface area contributed by atoms with Crippen LogP contribution >= 0.6 is 0 Å². The van der Waals surface area contributed by atoms with Crippen molar-refractivity contribution in [3.8, 4) is 17.2 Å². The number of nitrogens with zero attached hydrogens (tertiary/aromatic N) is 1. The molecule has 0 radical (unpaired) electrons. The van der Waals surface area contributed by atoms with Crippen LogP contribution in [0.4, 0.5) is 0 Å². The molecule has 7 heteroatoms. The smallest absolute Gasteiger partial charge is 0.331 e. The number of hydrogen-bond donors (Lipinski definition) is 0. The highest BCUT2D eigenvalue weighted by molar-refractivity contribution is 5.89. The Morgan fingerprint density at radius 3 is 2.55 bits per heavy atom. The second-order valence-electron chi connectivity index (χ2n) is 7.04. The first kappa shape index (κ1) is 22.2. The number of hydrogen-bond acceptors (Lipinski definition) is 6. The number of methoxy groups -OCH3 is 3. The van der Waals surface area contributed by atoms with Crippen LogP contribution in [-0.4, -0.2) is 51.3 Å². The summed E-state index contributed by atoms with van der Waals surface area (Å²) in [5.41, 5.74) is 1.63. The average molecular weight is 425 g/mol. The van der Waals surface area contributed by atoms with Gasteiger partial charge in [0, 0.05) is 23.7 Å². The average Bonchev–Trinajstić information content (AvgIpc) is 3.30. The summed E-state index contributed by atoms with van der Waals surface area (Å²) in [6, 6.07) is 12.7. The van der Waals surface area contributed by atoms with Crippen molar-refractivity contribution >= 4 is 18.0 Å². The van der Waals surface area contributed by atoms with Crippen LogP contribution < -0.4 is 14.2 Å². The zero-order valence-corrected chi connectivity index (χ0v) is 18.0. The van der Waals surface area contributed by atoms with E-state index in [9.17, 15) is 9.59 Å². The van der Waals surface area contributed by atoms with Gasteiger partial charge in [0.1, 0.15) is 17.2 Å². The number of esters is 1. The summed E-state index contributed by atoms with van der Waals surface area (Å²) in [5.74, 6) is 1.21. The highest BCUT2D eigenvalue weighted by Crippen LogP contribution is 2.38. The lowest BCUT2D eigenvalue weighted by Crippen LogP contribution is -2.34. The van der Waals surface area contributed by atoms with E-state index in [2.05, 4.69) is 0 Å². The molecule has 164 valence electrons. The van der Waals surface area contributed by atoms with Crippen molar-refractivity contribution in [1.82, 2.24) is 4.90 Å². The van der Waals surface area contributed by atoms with Crippen molar-refractivity contribution in [3.63, 3.8) is 0 Å². The Kier molecular flexibility index (Phi) is 7.54. The summed E-state index contributed by atoms with van der Waals surface area (Å²) in [7, 11) is 4.76. The Bertz CT molecular complexity index is 955. The van der Waals surface area contributed by atoms with Crippen LogP contribution in [0, 0.1) is 0 Å².